The summed E-state index contributed by atoms with van der Waals surface area (Å²) < 4.78 is 0.712. The summed E-state index contributed by atoms with van der Waals surface area (Å²) in [7, 11) is 0. The first kappa shape index (κ1) is 11.4. The first-order valence-corrected chi connectivity index (χ1v) is 6.46. The second kappa shape index (κ2) is 4.53. The highest BCUT2D eigenvalue weighted by Crippen LogP contribution is 2.31. The molecule has 0 amide bonds. The Hall–Kier alpha value is -1.69. The van der Waals surface area contributed by atoms with Gasteiger partial charge in [-0.3, -0.25) is 0 Å². The number of fused-ring (bicyclic) bond motifs is 1. The van der Waals surface area contributed by atoms with Crippen LogP contribution in [0.15, 0.2) is 36.4 Å². The SMILES string of the molecule is NNc1nc(-c2ccc(Cl)s2)nc2ccccc12. The highest BCUT2D eigenvalue weighted by Gasteiger charge is 2.09. The van der Waals surface area contributed by atoms with Crippen molar-refractivity contribution in [2.75, 3.05) is 5.43 Å². The Morgan fingerprint density at radius 2 is 1.94 bits per heavy atom. The minimum atomic E-state index is 0.611. The maximum Gasteiger partial charge on any atom is 0.172 e. The molecule has 0 aliphatic carbocycles. The van der Waals surface area contributed by atoms with Crippen LogP contribution in [-0.4, -0.2) is 9.97 Å². The number of thiophene rings is 1. The van der Waals surface area contributed by atoms with Gasteiger partial charge in [0, 0.05) is 5.39 Å². The molecule has 0 aliphatic heterocycles. The Labute approximate surface area is 112 Å². The fourth-order valence-corrected chi connectivity index (χ4v) is 2.71. The van der Waals surface area contributed by atoms with Gasteiger partial charge < -0.3 is 5.43 Å². The Morgan fingerprint density at radius 3 is 2.67 bits per heavy atom. The third kappa shape index (κ3) is 1.92. The molecule has 0 fully saturated rings. The Kier molecular flexibility index (Phi) is 2.87. The summed E-state index contributed by atoms with van der Waals surface area (Å²) in [6, 6.07) is 11.4. The molecule has 0 unspecified atom stereocenters. The average molecular weight is 277 g/mol. The summed E-state index contributed by atoms with van der Waals surface area (Å²) in [4.78, 5) is 9.84. The summed E-state index contributed by atoms with van der Waals surface area (Å²) in [6.07, 6.45) is 0. The van der Waals surface area contributed by atoms with Crippen molar-refractivity contribution in [2.24, 2.45) is 5.84 Å². The summed E-state index contributed by atoms with van der Waals surface area (Å²) in [6.45, 7) is 0. The Balaban J connectivity index is 2.25. The fraction of sp³-hybridized carbons (Fsp3) is 0. The standard InChI is InChI=1S/C12H9ClN4S/c13-10-6-5-9(18-10)12-15-8-4-2-1-3-7(8)11(16-12)17-14/h1-6H,14H2,(H,15,16,17). The number of hydrazine groups is 1. The molecular formula is C12H9ClN4S. The highest BCUT2D eigenvalue weighted by atomic mass is 35.5. The number of rotatable bonds is 2. The molecule has 0 saturated heterocycles. The van der Waals surface area contributed by atoms with Gasteiger partial charge in [0.2, 0.25) is 0 Å². The largest absolute Gasteiger partial charge is 0.308 e. The van der Waals surface area contributed by atoms with E-state index in [1.807, 2.05) is 36.4 Å². The zero-order valence-electron chi connectivity index (χ0n) is 9.22. The number of aromatic nitrogens is 2. The van der Waals surface area contributed by atoms with Crippen LogP contribution in [0.1, 0.15) is 0 Å². The molecule has 4 nitrogen and oxygen atoms in total. The van der Waals surface area contributed by atoms with Gasteiger partial charge in [-0.2, -0.15) is 0 Å². The van der Waals surface area contributed by atoms with E-state index in [0.717, 1.165) is 15.8 Å². The molecule has 0 bridgehead atoms. The maximum atomic E-state index is 5.92. The number of hydrogen-bond donors (Lipinski definition) is 2. The first-order chi connectivity index (χ1) is 8.78. The van der Waals surface area contributed by atoms with Crippen LogP contribution in [0, 0.1) is 0 Å². The van der Waals surface area contributed by atoms with E-state index in [1.54, 1.807) is 0 Å². The van der Waals surface area contributed by atoms with E-state index in [4.69, 9.17) is 17.4 Å². The number of nitrogens with zero attached hydrogens (tertiary/aromatic N) is 2. The van der Waals surface area contributed by atoms with Gasteiger partial charge in [-0.15, -0.1) is 11.3 Å². The van der Waals surface area contributed by atoms with Crippen molar-refractivity contribution in [1.29, 1.82) is 0 Å². The van der Waals surface area contributed by atoms with Crippen molar-refractivity contribution < 1.29 is 0 Å². The van der Waals surface area contributed by atoms with Crippen molar-refractivity contribution in [3.63, 3.8) is 0 Å². The van der Waals surface area contributed by atoms with Crippen LogP contribution < -0.4 is 11.3 Å². The number of para-hydroxylation sites is 1. The van der Waals surface area contributed by atoms with E-state index < -0.39 is 0 Å². The predicted molar refractivity (Wildman–Crippen MR) is 75.7 cm³/mol. The van der Waals surface area contributed by atoms with Gasteiger partial charge in [0.25, 0.3) is 0 Å². The number of nitrogens with one attached hydrogen (secondary N) is 1. The number of anilines is 1. The molecule has 0 spiro atoms. The average Bonchev–Trinajstić information content (AvgIpc) is 2.84. The quantitative estimate of drug-likeness (QED) is 0.557. The topological polar surface area (TPSA) is 63.8 Å². The molecule has 0 aliphatic rings. The van der Waals surface area contributed by atoms with Gasteiger partial charge in [-0.05, 0) is 24.3 Å². The van der Waals surface area contributed by atoms with Gasteiger partial charge in [-0.25, -0.2) is 15.8 Å². The van der Waals surface area contributed by atoms with Gasteiger partial charge in [-0.1, -0.05) is 23.7 Å². The molecule has 3 N–H and O–H groups in total. The number of nitrogens with two attached hydrogens (primary N) is 1. The zero-order valence-corrected chi connectivity index (χ0v) is 10.8. The summed E-state index contributed by atoms with van der Waals surface area (Å²) in [5.41, 5.74) is 3.45. The van der Waals surface area contributed by atoms with Gasteiger partial charge >= 0.3 is 0 Å². The Bertz CT molecular complexity index is 710. The lowest BCUT2D eigenvalue weighted by Crippen LogP contribution is -2.10. The smallest absolute Gasteiger partial charge is 0.172 e. The monoisotopic (exact) mass is 276 g/mol. The molecule has 0 saturated carbocycles. The Morgan fingerprint density at radius 1 is 1.11 bits per heavy atom. The van der Waals surface area contributed by atoms with E-state index in [2.05, 4.69) is 15.4 Å². The van der Waals surface area contributed by atoms with Crippen molar-refractivity contribution in [3.8, 4) is 10.7 Å². The van der Waals surface area contributed by atoms with Crippen LogP contribution in [0.2, 0.25) is 4.34 Å². The van der Waals surface area contributed by atoms with E-state index in [-0.39, 0.29) is 0 Å². The third-order valence-corrected chi connectivity index (χ3v) is 3.76. The normalized spacial score (nSPS) is 10.8. The lowest BCUT2D eigenvalue weighted by Gasteiger charge is -2.06. The van der Waals surface area contributed by atoms with Crippen LogP contribution in [0.4, 0.5) is 5.82 Å². The fourth-order valence-electron chi connectivity index (χ4n) is 1.73. The first-order valence-electron chi connectivity index (χ1n) is 5.27. The lowest BCUT2D eigenvalue weighted by molar-refractivity contribution is 1.19. The molecular weight excluding hydrogens is 268 g/mol. The van der Waals surface area contributed by atoms with Gasteiger partial charge in [0.15, 0.2) is 11.6 Å². The molecule has 3 rings (SSSR count). The zero-order chi connectivity index (χ0) is 12.5. The van der Waals surface area contributed by atoms with Gasteiger partial charge in [0.1, 0.15) is 0 Å². The number of nitrogen functional groups attached to an aromatic ring is 1. The summed E-state index contributed by atoms with van der Waals surface area (Å²) in [5.74, 6) is 6.74. The van der Waals surface area contributed by atoms with Crippen LogP contribution in [-0.2, 0) is 0 Å². The van der Waals surface area contributed by atoms with Crippen LogP contribution in [0.3, 0.4) is 0 Å². The van der Waals surface area contributed by atoms with E-state index >= 15 is 0 Å². The minimum absolute atomic E-state index is 0.611. The lowest BCUT2D eigenvalue weighted by atomic mass is 10.2. The molecule has 90 valence electrons. The maximum absolute atomic E-state index is 5.92. The van der Waals surface area contributed by atoms with E-state index in [1.165, 1.54) is 11.3 Å². The molecule has 2 aromatic heterocycles. The van der Waals surface area contributed by atoms with Crippen molar-refractivity contribution >= 4 is 39.7 Å². The third-order valence-electron chi connectivity index (χ3n) is 2.53. The second-order valence-corrected chi connectivity index (χ2v) is 5.38. The molecule has 18 heavy (non-hydrogen) atoms. The van der Waals surface area contributed by atoms with Gasteiger partial charge in [0.05, 0.1) is 14.7 Å². The van der Waals surface area contributed by atoms with Crippen LogP contribution in [0.5, 0.6) is 0 Å². The molecule has 1 aromatic carbocycles. The highest BCUT2D eigenvalue weighted by molar-refractivity contribution is 7.19. The molecule has 6 heteroatoms. The number of hydrogen-bond acceptors (Lipinski definition) is 5. The van der Waals surface area contributed by atoms with Crippen LogP contribution in [0.25, 0.3) is 21.6 Å². The molecule has 2 heterocycles. The molecule has 0 atom stereocenters. The van der Waals surface area contributed by atoms with Crippen LogP contribution >= 0.6 is 22.9 Å². The minimum Gasteiger partial charge on any atom is -0.308 e. The molecule has 0 radical (unpaired) electrons. The second-order valence-electron chi connectivity index (χ2n) is 3.66. The van der Waals surface area contributed by atoms with Crippen molar-refractivity contribution in [2.45, 2.75) is 0 Å². The number of halogens is 1. The number of benzene rings is 1. The molecule has 3 aromatic rings. The van der Waals surface area contributed by atoms with E-state index in [9.17, 15) is 0 Å². The van der Waals surface area contributed by atoms with Crippen molar-refractivity contribution in [1.82, 2.24) is 9.97 Å². The van der Waals surface area contributed by atoms with E-state index in [0.29, 0.717) is 16.0 Å². The summed E-state index contributed by atoms with van der Waals surface area (Å²) in [5, 5.41) is 0.895. The predicted octanol–water partition coefficient (Wildman–Crippen LogP) is 3.30. The summed E-state index contributed by atoms with van der Waals surface area (Å²) >= 11 is 7.37. The van der Waals surface area contributed by atoms with Crippen molar-refractivity contribution in [3.05, 3.63) is 40.7 Å².